The number of hydrogen-bond acceptors (Lipinski definition) is 4. The summed E-state index contributed by atoms with van der Waals surface area (Å²) in [5.74, 6) is -1.15. The zero-order chi connectivity index (χ0) is 14.5. The van der Waals surface area contributed by atoms with Crippen LogP contribution < -0.4 is 15.8 Å². The van der Waals surface area contributed by atoms with Crippen molar-refractivity contribution in [2.24, 2.45) is 5.73 Å². The molecule has 0 saturated carbocycles. The molecule has 0 spiro atoms. The van der Waals surface area contributed by atoms with E-state index in [2.05, 4.69) is 10.0 Å². The van der Waals surface area contributed by atoms with E-state index in [0.717, 1.165) is 6.07 Å². The zero-order valence-electron chi connectivity index (χ0n) is 10.4. The van der Waals surface area contributed by atoms with Gasteiger partial charge in [-0.05, 0) is 19.1 Å². The van der Waals surface area contributed by atoms with Crippen LogP contribution in [0, 0.1) is 5.82 Å². The minimum Gasteiger partial charge on any atom is -0.355 e. The molecule has 19 heavy (non-hydrogen) atoms. The number of sulfonamides is 1. The Morgan fingerprint density at radius 1 is 1.42 bits per heavy atom. The predicted molar refractivity (Wildman–Crippen MR) is 68.2 cm³/mol. The van der Waals surface area contributed by atoms with E-state index in [1.807, 2.05) is 0 Å². The third kappa shape index (κ3) is 3.98. The van der Waals surface area contributed by atoms with Gasteiger partial charge >= 0.3 is 0 Å². The van der Waals surface area contributed by atoms with Crippen molar-refractivity contribution >= 4 is 15.9 Å². The summed E-state index contributed by atoms with van der Waals surface area (Å²) in [6.45, 7) is 1.46. The Morgan fingerprint density at radius 3 is 2.68 bits per heavy atom. The smallest absolute Gasteiger partial charge is 0.241 e. The number of benzene rings is 1. The maximum atomic E-state index is 13.4. The molecule has 0 atom stereocenters. The number of halogens is 1. The average molecular weight is 289 g/mol. The van der Waals surface area contributed by atoms with Crippen molar-refractivity contribution in [2.45, 2.75) is 18.4 Å². The average Bonchev–Trinajstić information content (AvgIpc) is 2.36. The van der Waals surface area contributed by atoms with Gasteiger partial charge in [0, 0.05) is 18.7 Å². The van der Waals surface area contributed by atoms with E-state index in [0.29, 0.717) is 6.54 Å². The van der Waals surface area contributed by atoms with E-state index in [1.54, 1.807) is 6.92 Å². The molecule has 4 N–H and O–H groups in total. The summed E-state index contributed by atoms with van der Waals surface area (Å²) in [6, 6.07) is 3.64. The molecule has 6 nitrogen and oxygen atoms in total. The molecule has 0 aliphatic carbocycles. The van der Waals surface area contributed by atoms with Gasteiger partial charge in [-0.1, -0.05) is 6.07 Å². The van der Waals surface area contributed by atoms with Crippen molar-refractivity contribution < 1.29 is 17.6 Å². The third-order valence-corrected chi connectivity index (χ3v) is 3.85. The van der Waals surface area contributed by atoms with E-state index in [9.17, 15) is 17.6 Å². The number of amides is 1. The maximum Gasteiger partial charge on any atom is 0.241 e. The first kappa shape index (κ1) is 15.5. The Hall–Kier alpha value is -1.51. The molecule has 0 aliphatic heterocycles. The summed E-state index contributed by atoms with van der Waals surface area (Å²) >= 11 is 0. The van der Waals surface area contributed by atoms with Crippen LogP contribution in [0.25, 0.3) is 0 Å². The van der Waals surface area contributed by atoms with Gasteiger partial charge in [0.25, 0.3) is 0 Å². The van der Waals surface area contributed by atoms with E-state index < -0.39 is 28.3 Å². The van der Waals surface area contributed by atoms with Gasteiger partial charge < -0.3 is 11.1 Å². The molecule has 0 bridgehead atoms. The Bertz CT molecular complexity index is 560. The molecule has 106 valence electrons. The molecule has 1 rings (SSSR count). The first-order chi connectivity index (χ1) is 8.92. The molecule has 0 heterocycles. The maximum absolute atomic E-state index is 13.4. The molecule has 1 aromatic carbocycles. The quantitative estimate of drug-likeness (QED) is 0.669. The second-order valence-corrected chi connectivity index (χ2v) is 5.43. The van der Waals surface area contributed by atoms with E-state index in [-0.39, 0.29) is 17.0 Å². The van der Waals surface area contributed by atoms with Crippen molar-refractivity contribution in [3.05, 3.63) is 29.6 Å². The van der Waals surface area contributed by atoms with Gasteiger partial charge in [-0.2, -0.15) is 0 Å². The highest BCUT2D eigenvalue weighted by Crippen LogP contribution is 2.17. The van der Waals surface area contributed by atoms with Gasteiger partial charge in [-0.15, -0.1) is 0 Å². The number of hydrogen-bond donors (Lipinski definition) is 3. The third-order valence-electron chi connectivity index (χ3n) is 2.37. The van der Waals surface area contributed by atoms with Gasteiger partial charge in [-0.25, -0.2) is 17.5 Å². The van der Waals surface area contributed by atoms with Gasteiger partial charge in [0.2, 0.25) is 15.9 Å². The normalized spacial score (nSPS) is 11.3. The van der Waals surface area contributed by atoms with Crippen LogP contribution in [0.1, 0.15) is 12.5 Å². The highest BCUT2D eigenvalue weighted by molar-refractivity contribution is 7.89. The van der Waals surface area contributed by atoms with Crippen LogP contribution in [-0.2, 0) is 21.4 Å². The lowest BCUT2D eigenvalue weighted by Gasteiger charge is -2.10. The molecular formula is C11H16FN3O3S. The fraction of sp³-hybridized carbons (Fsp3) is 0.364. The summed E-state index contributed by atoms with van der Waals surface area (Å²) < 4.78 is 39.5. The van der Waals surface area contributed by atoms with Crippen LogP contribution in [0.5, 0.6) is 0 Å². The highest BCUT2D eigenvalue weighted by atomic mass is 32.2. The topological polar surface area (TPSA) is 101 Å². The van der Waals surface area contributed by atoms with Crippen molar-refractivity contribution in [3.8, 4) is 0 Å². The Balaban J connectivity index is 2.95. The van der Waals surface area contributed by atoms with Crippen LogP contribution in [0.2, 0.25) is 0 Å². The molecular weight excluding hydrogens is 273 g/mol. The van der Waals surface area contributed by atoms with Crippen LogP contribution in [-0.4, -0.2) is 27.4 Å². The molecule has 0 saturated heterocycles. The first-order valence-corrected chi connectivity index (χ1v) is 7.14. The molecule has 0 aromatic heterocycles. The Labute approximate surface area is 111 Å². The molecule has 1 amide bonds. The van der Waals surface area contributed by atoms with Gasteiger partial charge in [0.15, 0.2) is 0 Å². The van der Waals surface area contributed by atoms with Crippen molar-refractivity contribution in [1.82, 2.24) is 10.0 Å². The fourth-order valence-corrected chi connectivity index (χ4v) is 2.73. The van der Waals surface area contributed by atoms with Crippen LogP contribution in [0.4, 0.5) is 4.39 Å². The predicted octanol–water partition coefficient (Wildman–Crippen LogP) is -0.301. The second-order valence-electron chi connectivity index (χ2n) is 3.70. The molecule has 0 unspecified atom stereocenters. The Kier molecular flexibility index (Phi) is 5.40. The fourth-order valence-electron chi connectivity index (χ4n) is 1.49. The summed E-state index contributed by atoms with van der Waals surface area (Å²) in [5.41, 5.74) is 5.23. The van der Waals surface area contributed by atoms with E-state index in [4.69, 9.17) is 5.73 Å². The number of rotatable bonds is 6. The van der Waals surface area contributed by atoms with Gasteiger partial charge in [0.1, 0.15) is 5.82 Å². The van der Waals surface area contributed by atoms with Crippen molar-refractivity contribution in [3.63, 3.8) is 0 Å². The number of nitrogens with one attached hydrogen (secondary N) is 2. The lowest BCUT2D eigenvalue weighted by molar-refractivity contribution is -0.119. The highest BCUT2D eigenvalue weighted by Gasteiger charge is 2.20. The van der Waals surface area contributed by atoms with Crippen LogP contribution in [0.15, 0.2) is 23.1 Å². The molecule has 0 fully saturated rings. The minimum atomic E-state index is -3.97. The summed E-state index contributed by atoms with van der Waals surface area (Å²) in [6.07, 6.45) is 0. The minimum absolute atomic E-state index is 0.106. The van der Waals surface area contributed by atoms with Gasteiger partial charge in [-0.3, -0.25) is 4.79 Å². The van der Waals surface area contributed by atoms with Gasteiger partial charge in [0.05, 0.1) is 11.4 Å². The van der Waals surface area contributed by atoms with Crippen molar-refractivity contribution in [1.29, 1.82) is 0 Å². The van der Waals surface area contributed by atoms with E-state index in [1.165, 1.54) is 12.1 Å². The lowest BCUT2D eigenvalue weighted by Crippen LogP contribution is -2.37. The first-order valence-electron chi connectivity index (χ1n) is 5.66. The number of carbonyl (C=O) groups excluding carboxylic acids is 1. The zero-order valence-corrected chi connectivity index (χ0v) is 11.3. The monoisotopic (exact) mass is 289 g/mol. The SMILES string of the molecule is CCNC(=O)CNS(=O)(=O)c1cccc(F)c1CN. The molecule has 0 aliphatic rings. The standard InChI is InChI=1S/C11H16FN3O3S/c1-2-14-11(16)7-15-19(17,18)10-5-3-4-9(12)8(10)6-13/h3-5,15H,2,6-7,13H2,1H3,(H,14,16). The largest absolute Gasteiger partial charge is 0.355 e. The van der Waals surface area contributed by atoms with Crippen molar-refractivity contribution in [2.75, 3.05) is 13.1 Å². The summed E-state index contributed by atoms with van der Waals surface area (Å²) in [5, 5.41) is 2.44. The molecule has 0 radical (unpaired) electrons. The number of nitrogens with two attached hydrogens (primary N) is 1. The van der Waals surface area contributed by atoms with E-state index >= 15 is 0 Å². The summed E-state index contributed by atoms with van der Waals surface area (Å²) in [4.78, 5) is 11.0. The van der Waals surface area contributed by atoms with Crippen LogP contribution in [0.3, 0.4) is 0 Å². The Morgan fingerprint density at radius 2 is 2.11 bits per heavy atom. The van der Waals surface area contributed by atoms with Crippen LogP contribution >= 0.6 is 0 Å². The number of carbonyl (C=O) groups is 1. The molecule has 8 heteroatoms. The molecule has 1 aromatic rings. The number of likely N-dealkylation sites (N-methyl/N-ethyl adjacent to an activating group) is 1. The second kappa shape index (κ2) is 6.60. The summed E-state index contributed by atoms with van der Waals surface area (Å²) in [7, 11) is -3.97. The lowest BCUT2D eigenvalue weighted by atomic mass is 10.2.